The van der Waals surface area contributed by atoms with E-state index in [-0.39, 0.29) is 69.7 Å². The molecule has 1 saturated carbocycles. The Kier molecular flexibility index (Phi) is 25.3. The number of guanidine groups is 1. The number of nitrogens with two attached hydrogens (primary N) is 5. The lowest BCUT2D eigenvalue weighted by Crippen LogP contribution is -2.61. The van der Waals surface area contributed by atoms with Crippen molar-refractivity contribution in [3.05, 3.63) is 70.8 Å². The number of unbranched alkanes of at least 4 members (excludes halogenated alkanes) is 2. The molecule has 4 fully saturated rings. The molecule has 14 atom stereocenters. The zero-order chi connectivity index (χ0) is 66.2. The summed E-state index contributed by atoms with van der Waals surface area (Å²) in [5.41, 5.74) is 32.2. The Morgan fingerprint density at radius 2 is 1.22 bits per heavy atom. The van der Waals surface area contributed by atoms with E-state index in [1.807, 2.05) is 42.5 Å². The van der Waals surface area contributed by atoms with Crippen molar-refractivity contribution < 1.29 is 63.3 Å². The third kappa shape index (κ3) is 17.3. The predicted molar refractivity (Wildman–Crippen MR) is 338 cm³/mol. The van der Waals surface area contributed by atoms with E-state index in [1.165, 1.54) is 9.80 Å². The second kappa shape index (κ2) is 33.2. The van der Waals surface area contributed by atoms with E-state index in [1.54, 1.807) is 6.07 Å². The summed E-state index contributed by atoms with van der Waals surface area (Å²) >= 11 is 0. The summed E-state index contributed by atoms with van der Waals surface area (Å²) in [6, 6.07) is 3.52. The predicted octanol–water partition coefficient (Wildman–Crippen LogP) is -2.19. The molecule has 504 valence electrons. The third-order valence-electron chi connectivity index (χ3n) is 19.3. The molecular formula is C64H95N15O13. The first-order valence-electron chi connectivity index (χ1n) is 32.8. The highest BCUT2D eigenvalue weighted by molar-refractivity contribution is 5.99. The lowest BCUT2D eigenvalue weighted by atomic mass is 9.84. The van der Waals surface area contributed by atoms with Gasteiger partial charge < -0.3 is 90.6 Å². The average Bonchev–Trinajstić information content (AvgIpc) is 1.61. The summed E-state index contributed by atoms with van der Waals surface area (Å²) in [5.74, 6) is -8.94. The molecule has 3 aliphatic heterocycles. The number of hydrogen-bond acceptors (Lipinski definition) is 16. The second-order valence-corrected chi connectivity index (χ2v) is 25.5. The van der Waals surface area contributed by atoms with E-state index < -0.39 is 145 Å². The van der Waals surface area contributed by atoms with Crippen LogP contribution in [0, 0.1) is 5.92 Å². The maximum Gasteiger partial charge on any atom is 0.326 e. The Labute approximate surface area is 536 Å². The van der Waals surface area contributed by atoms with Crippen LogP contribution in [-0.4, -0.2) is 208 Å². The van der Waals surface area contributed by atoms with Crippen LogP contribution in [0.15, 0.2) is 53.5 Å². The molecule has 2 aromatic carbocycles. The summed E-state index contributed by atoms with van der Waals surface area (Å²) in [5, 5.41) is 48.6. The number of likely N-dealkylation sites (tertiary alicyclic amines) is 3. The van der Waals surface area contributed by atoms with Crippen LogP contribution in [0.4, 0.5) is 0 Å². The molecule has 2 unspecified atom stereocenters. The van der Waals surface area contributed by atoms with E-state index >= 15 is 4.79 Å². The van der Waals surface area contributed by atoms with E-state index in [0.717, 1.165) is 46.4 Å². The number of benzene rings is 2. The standard InChI is InChI=1S/C64H95N15O13/c65-27-9-7-18-44(67)55(83)72-45(19-8-10-28-66)56(84)73-46(20-11-29-70-64(68)69)60(88)77-30-12-22-49(77)61(89)78-34-39(81)32-50(78)58(86)71-33-52(82)75-53(42-25-23-36-13-1-4-16-40(36)42)59(87)74-47(35-80)57(85)76-54(43-26-24-37-14-2-5-17-41(37)43)62(90)79-48-21-6-3-15-38(48)31-51(79)63(91)92/h1-2,4-5,13-14,16-17,38-39,42-51,53-54,80-81H,3,6-12,15,18-35,65-67H2,(H,71,86)(H,72,83)(H,73,84)(H,74,87)(H,75,82)(H,76,85)(H,91,92)(H4,68,69,70)/t38-,39+,42?,43?,44-,45-,46-,47-,48-,49-,50-,51-,53-,54+/m0/s1. The molecule has 28 heteroatoms. The van der Waals surface area contributed by atoms with Crippen LogP contribution in [0.1, 0.15) is 150 Å². The number of nitrogens with zero attached hydrogens (tertiary/aromatic N) is 4. The number of rotatable bonds is 31. The van der Waals surface area contributed by atoms with Crippen LogP contribution in [0.25, 0.3) is 0 Å². The number of aliphatic carboxylic acids is 1. The molecule has 6 aliphatic rings. The number of aliphatic hydroxyl groups excluding tert-OH is 2. The number of nitrogens with one attached hydrogen (secondary N) is 6. The van der Waals surface area contributed by atoms with Crippen molar-refractivity contribution in [1.29, 1.82) is 0 Å². The maximum atomic E-state index is 15.0. The fraction of sp³-hybridized carbons (Fsp3) is 0.641. The molecule has 0 spiro atoms. The second-order valence-electron chi connectivity index (χ2n) is 25.5. The summed E-state index contributed by atoms with van der Waals surface area (Å²) in [6.07, 6.45) is 7.65. The molecule has 3 saturated heterocycles. The number of carboxylic acids is 1. The Morgan fingerprint density at radius 3 is 1.87 bits per heavy atom. The first kappa shape index (κ1) is 70.1. The number of hydrogen-bond donors (Lipinski definition) is 14. The van der Waals surface area contributed by atoms with Gasteiger partial charge in [0.25, 0.3) is 0 Å². The lowest BCUT2D eigenvalue weighted by molar-refractivity contribution is -0.151. The number of carbonyl (C=O) groups excluding carboxylic acids is 9. The van der Waals surface area contributed by atoms with Gasteiger partial charge in [-0.3, -0.25) is 48.1 Å². The highest BCUT2D eigenvalue weighted by atomic mass is 16.4. The van der Waals surface area contributed by atoms with E-state index in [2.05, 4.69) is 36.9 Å². The number of aliphatic imine (C=N–C) groups is 1. The van der Waals surface area contributed by atoms with E-state index in [9.17, 15) is 58.5 Å². The van der Waals surface area contributed by atoms with Crippen molar-refractivity contribution in [1.82, 2.24) is 46.6 Å². The van der Waals surface area contributed by atoms with Gasteiger partial charge in [0.1, 0.15) is 48.3 Å². The maximum absolute atomic E-state index is 15.0. The molecule has 0 aromatic heterocycles. The van der Waals surface area contributed by atoms with Gasteiger partial charge in [-0.1, -0.05) is 67.8 Å². The third-order valence-corrected chi connectivity index (χ3v) is 19.3. The monoisotopic (exact) mass is 1280 g/mol. The van der Waals surface area contributed by atoms with Crippen molar-refractivity contribution in [3.8, 4) is 0 Å². The van der Waals surface area contributed by atoms with Crippen LogP contribution in [0.2, 0.25) is 0 Å². The van der Waals surface area contributed by atoms with E-state index in [0.29, 0.717) is 90.1 Å². The van der Waals surface area contributed by atoms with Crippen LogP contribution in [-0.2, 0) is 60.8 Å². The van der Waals surface area contributed by atoms with Gasteiger partial charge in [0.2, 0.25) is 53.2 Å². The highest BCUT2D eigenvalue weighted by Crippen LogP contribution is 2.43. The number of carboxylic acid groups (broad SMARTS) is 1. The molecular weight excluding hydrogens is 1190 g/mol. The van der Waals surface area contributed by atoms with Gasteiger partial charge in [-0.25, -0.2) is 4.79 Å². The summed E-state index contributed by atoms with van der Waals surface area (Å²) < 4.78 is 0. The van der Waals surface area contributed by atoms with Crippen molar-refractivity contribution >= 4 is 65.1 Å². The largest absolute Gasteiger partial charge is 0.480 e. The molecule has 0 radical (unpaired) electrons. The number of β-amino-alcohol motifs (C(OH)–C–C–N with tert-alkyl or cyclic N) is 1. The quantitative estimate of drug-likeness (QED) is 0.0217. The van der Waals surface area contributed by atoms with Crippen LogP contribution < -0.4 is 60.6 Å². The SMILES string of the molecule is NCCCC[C@H](NC(=O)[C@@H](N)CCCCN)C(=O)N[C@@H](CCCN=C(N)N)C(=O)N1CCC[C@H]1C(=O)N1C[C@H](O)C[C@H]1C(=O)NCC(=O)N[C@H](C(=O)N[C@@H](CO)C(=O)N[C@@H](C(=O)N1[C@H](C(=O)O)C[C@@H]2CCCC[C@@H]21)C1CCc2ccccc21)C1CCc2ccccc21. The number of aryl methyl sites for hydroxylation is 2. The molecule has 3 heterocycles. The topological polar surface area (TPSA) is 456 Å². The molecule has 3 aliphatic carbocycles. The number of amides is 9. The van der Waals surface area contributed by atoms with Gasteiger partial charge in [0.15, 0.2) is 5.96 Å². The Bertz CT molecular complexity index is 3000. The van der Waals surface area contributed by atoms with Gasteiger partial charge >= 0.3 is 5.97 Å². The molecule has 28 nitrogen and oxygen atoms in total. The van der Waals surface area contributed by atoms with Gasteiger partial charge in [-0.15, -0.1) is 0 Å². The minimum atomic E-state index is -1.64. The Morgan fingerprint density at radius 1 is 0.609 bits per heavy atom. The fourth-order valence-electron chi connectivity index (χ4n) is 14.6. The van der Waals surface area contributed by atoms with Gasteiger partial charge in [0.05, 0.1) is 25.3 Å². The molecule has 19 N–H and O–H groups in total. The average molecular weight is 1280 g/mol. The lowest BCUT2D eigenvalue weighted by Gasteiger charge is -2.37. The zero-order valence-corrected chi connectivity index (χ0v) is 52.4. The minimum Gasteiger partial charge on any atom is -0.480 e. The Balaban J connectivity index is 0.943. The van der Waals surface area contributed by atoms with Gasteiger partial charge in [-0.05, 0) is 144 Å². The number of carbonyl (C=O) groups is 10. The van der Waals surface area contributed by atoms with Crippen molar-refractivity contribution in [3.63, 3.8) is 0 Å². The molecule has 0 bridgehead atoms. The first-order valence-corrected chi connectivity index (χ1v) is 32.8. The number of fused-ring (bicyclic) bond motifs is 3. The summed E-state index contributed by atoms with van der Waals surface area (Å²) in [4.78, 5) is 150. The number of aliphatic hydroxyl groups is 2. The van der Waals surface area contributed by atoms with Crippen molar-refractivity contribution in [2.45, 2.75) is 207 Å². The molecule has 2 aromatic rings. The summed E-state index contributed by atoms with van der Waals surface area (Å²) in [6.45, 7) is -0.941. The minimum absolute atomic E-state index is 0.0120. The summed E-state index contributed by atoms with van der Waals surface area (Å²) in [7, 11) is 0. The molecule has 9 amide bonds. The zero-order valence-electron chi connectivity index (χ0n) is 52.4. The highest BCUT2D eigenvalue weighted by Gasteiger charge is 2.52. The normalized spacial score (nSPS) is 24.1. The molecule has 92 heavy (non-hydrogen) atoms. The Hall–Kier alpha value is -7.79. The van der Waals surface area contributed by atoms with Crippen LogP contribution in [0.3, 0.4) is 0 Å². The van der Waals surface area contributed by atoms with Crippen LogP contribution >= 0.6 is 0 Å². The fourth-order valence-corrected chi connectivity index (χ4v) is 14.6. The van der Waals surface area contributed by atoms with Crippen molar-refractivity contribution in [2.75, 3.05) is 45.9 Å². The first-order chi connectivity index (χ1) is 44.2. The van der Waals surface area contributed by atoms with Crippen molar-refractivity contribution in [2.24, 2.45) is 39.6 Å². The molecule has 8 rings (SSSR count). The van der Waals surface area contributed by atoms with Gasteiger partial charge in [-0.2, -0.15) is 0 Å². The van der Waals surface area contributed by atoms with Crippen LogP contribution in [0.5, 0.6) is 0 Å². The smallest absolute Gasteiger partial charge is 0.326 e. The van der Waals surface area contributed by atoms with E-state index in [4.69, 9.17) is 28.7 Å². The van der Waals surface area contributed by atoms with Gasteiger partial charge in [0, 0.05) is 43.9 Å².